The Bertz CT molecular complexity index is 412. The Balaban J connectivity index is 2.34. The van der Waals surface area contributed by atoms with Crippen molar-refractivity contribution in [3.8, 4) is 0 Å². The van der Waals surface area contributed by atoms with E-state index in [-0.39, 0.29) is 0 Å². The average Bonchev–Trinajstić information content (AvgIpc) is 2.34. The molecule has 2 N–H and O–H groups in total. The summed E-state index contributed by atoms with van der Waals surface area (Å²) in [5, 5.41) is 1.03. The van der Waals surface area contributed by atoms with E-state index in [9.17, 15) is 0 Å². The van der Waals surface area contributed by atoms with E-state index in [1.54, 1.807) is 6.07 Å². The van der Waals surface area contributed by atoms with Gasteiger partial charge in [-0.25, -0.2) is 0 Å². The zero-order valence-electron chi connectivity index (χ0n) is 9.75. The molecule has 1 heterocycles. The van der Waals surface area contributed by atoms with Crippen LogP contribution in [0.5, 0.6) is 0 Å². The minimum absolute atomic E-state index is 0.350. The largest absolute Gasteiger partial charge is 0.397 e. The molecular formula is C12H16Cl2N2O. The first-order valence-corrected chi connectivity index (χ1v) is 6.48. The molecule has 0 spiro atoms. The number of rotatable bonds is 2. The van der Waals surface area contributed by atoms with Gasteiger partial charge in [0.1, 0.15) is 0 Å². The molecule has 1 aromatic rings. The number of nitrogens with two attached hydrogens (primary N) is 1. The van der Waals surface area contributed by atoms with Crippen LogP contribution in [0, 0.1) is 0 Å². The van der Waals surface area contributed by atoms with Crippen LogP contribution in [-0.2, 0) is 4.74 Å². The summed E-state index contributed by atoms with van der Waals surface area (Å²) in [5.74, 6) is 0. The molecule has 94 valence electrons. The van der Waals surface area contributed by atoms with Crippen molar-refractivity contribution in [1.29, 1.82) is 0 Å². The van der Waals surface area contributed by atoms with Gasteiger partial charge in [-0.3, -0.25) is 0 Å². The van der Waals surface area contributed by atoms with Crippen LogP contribution in [-0.4, -0.2) is 25.8 Å². The number of hydrogen-bond donors (Lipinski definition) is 1. The smallest absolute Gasteiger partial charge is 0.0670 e. The number of benzene rings is 1. The van der Waals surface area contributed by atoms with Gasteiger partial charge in [-0.1, -0.05) is 30.1 Å². The molecule has 1 aliphatic heterocycles. The normalized spacial score (nSPS) is 20.6. The monoisotopic (exact) mass is 274 g/mol. The summed E-state index contributed by atoms with van der Waals surface area (Å²) in [7, 11) is 0. The summed E-state index contributed by atoms with van der Waals surface area (Å²) >= 11 is 12.0. The zero-order valence-corrected chi connectivity index (χ0v) is 11.3. The Morgan fingerprint density at radius 3 is 2.82 bits per heavy atom. The lowest BCUT2D eigenvalue weighted by atomic mass is 10.1. The first kappa shape index (κ1) is 12.8. The molecule has 0 amide bonds. The summed E-state index contributed by atoms with van der Waals surface area (Å²) in [6.45, 7) is 4.42. The molecule has 0 saturated carbocycles. The third kappa shape index (κ3) is 2.62. The molecule has 1 aromatic carbocycles. The molecule has 0 aromatic heterocycles. The van der Waals surface area contributed by atoms with Gasteiger partial charge in [0.25, 0.3) is 0 Å². The maximum absolute atomic E-state index is 6.05. The van der Waals surface area contributed by atoms with Gasteiger partial charge < -0.3 is 15.4 Å². The number of morpholine rings is 1. The third-order valence-electron chi connectivity index (χ3n) is 3.08. The van der Waals surface area contributed by atoms with Crippen LogP contribution >= 0.6 is 23.2 Å². The molecule has 0 radical (unpaired) electrons. The summed E-state index contributed by atoms with van der Waals surface area (Å²) in [4.78, 5) is 2.25. The predicted octanol–water partition coefficient (Wildman–Crippen LogP) is 3.19. The van der Waals surface area contributed by atoms with E-state index in [1.165, 1.54) is 0 Å². The molecule has 1 fully saturated rings. The summed E-state index contributed by atoms with van der Waals surface area (Å²) in [6.07, 6.45) is 1.01. The van der Waals surface area contributed by atoms with Gasteiger partial charge in [0, 0.05) is 6.54 Å². The molecule has 1 unspecified atom stereocenters. The molecule has 2 rings (SSSR count). The van der Waals surface area contributed by atoms with Gasteiger partial charge in [-0.15, -0.1) is 0 Å². The van der Waals surface area contributed by atoms with Gasteiger partial charge in [0.2, 0.25) is 0 Å². The molecule has 0 bridgehead atoms. The standard InChI is InChI=1S/C12H16Cl2N2O/c1-2-8-7-17-4-3-16(8)12-6-10(14)9(13)5-11(12)15/h5-6,8H,2-4,7,15H2,1H3. The van der Waals surface area contributed by atoms with Crippen molar-refractivity contribution in [3.05, 3.63) is 22.2 Å². The van der Waals surface area contributed by atoms with Crippen molar-refractivity contribution in [2.75, 3.05) is 30.4 Å². The highest BCUT2D eigenvalue weighted by molar-refractivity contribution is 6.42. The molecule has 3 nitrogen and oxygen atoms in total. The summed E-state index contributed by atoms with van der Waals surface area (Å²) < 4.78 is 5.48. The van der Waals surface area contributed by atoms with Crippen LogP contribution < -0.4 is 10.6 Å². The van der Waals surface area contributed by atoms with Crippen molar-refractivity contribution in [2.45, 2.75) is 19.4 Å². The average molecular weight is 275 g/mol. The van der Waals surface area contributed by atoms with Crippen LogP contribution in [0.15, 0.2) is 12.1 Å². The Kier molecular flexibility index (Phi) is 4.02. The van der Waals surface area contributed by atoms with Gasteiger partial charge in [-0.2, -0.15) is 0 Å². The van der Waals surface area contributed by atoms with Gasteiger partial charge in [0.05, 0.1) is 40.7 Å². The van der Waals surface area contributed by atoms with E-state index in [0.717, 1.165) is 31.9 Å². The van der Waals surface area contributed by atoms with Crippen molar-refractivity contribution < 1.29 is 4.74 Å². The first-order chi connectivity index (χ1) is 8.13. The van der Waals surface area contributed by atoms with E-state index in [2.05, 4.69) is 11.8 Å². The molecular weight excluding hydrogens is 259 g/mol. The highest BCUT2D eigenvalue weighted by Crippen LogP contribution is 2.34. The van der Waals surface area contributed by atoms with Crippen LogP contribution in [0.2, 0.25) is 10.0 Å². The van der Waals surface area contributed by atoms with Gasteiger partial charge >= 0.3 is 0 Å². The maximum Gasteiger partial charge on any atom is 0.0670 e. The minimum Gasteiger partial charge on any atom is -0.397 e. The molecule has 1 saturated heterocycles. The fourth-order valence-corrected chi connectivity index (χ4v) is 2.44. The highest BCUT2D eigenvalue weighted by Gasteiger charge is 2.23. The Morgan fingerprint density at radius 2 is 2.12 bits per heavy atom. The van der Waals surface area contributed by atoms with E-state index in [0.29, 0.717) is 21.8 Å². The number of nitrogens with zero attached hydrogens (tertiary/aromatic N) is 1. The zero-order chi connectivity index (χ0) is 12.4. The number of nitrogen functional groups attached to an aromatic ring is 1. The second-order valence-electron chi connectivity index (χ2n) is 4.16. The maximum atomic E-state index is 6.05. The second-order valence-corrected chi connectivity index (χ2v) is 4.97. The lowest BCUT2D eigenvalue weighted by Gasteiger charge is -2.37. The highest BCUT2D eigenvalue weighted by atomic mass is 35.5. The molecule has 1 aliphatic rings. The minimum atomic E-state index is 0.350. The van der Waals surface area contributed by atoms with Gasteiger partial charge in [0.15, 0.2) is 0 Å². The Morgan fingerprint density at radius 1 is 1.41 bits per heavy atom. The van der Waals surface area contributed by atoms with E-state index < -0.39 is 0 Å². The Labute approximate surface area is 111 Å². The van der Waals surface area contributed by atoms with Crippen LogP contribution in [0.4, 0.5) is 11.4 Å². The van der Waals surface area contributed by atoms with Crippen LogP contribution in [0.3, 0.4) is 0 Å². The van der Waals surface area contributed by atoms with E-state index in [4.69, 9.17) is 33.7 Å². The second kappa shape index (κ2) is 5.34. The van der Waals surface area contributed by atoms with Crippen molar-refractivity contribution in [3.63, 3.8) is 0 Å². The lowest BCUT2D eigenvalue weighted by Crippen LogP contribution is -2.45. The van der Waals surface area contributed by atoms with Crippen molar-refractivity contribution in [2.24, 2.45) is 0 Å². The SMILES string of the molecule is CCC1COCCN1c1cc(Cl)c(Cl)cc1N. The predicted molar refractivity (Wildman–Crippen MR) is 73.1 cm³/mol. The summed E-state index contributed by atoms with van der Waals surface area (Å²) in [5.41, 5.74) is 7.63. The quantitative estimate of drug-likeness (QED) is 0.842. The fraction of sp³-hybridized carbons (Fsp3) is 0.500. The summed E-state index contributed by atoms with van der Waals surface area (Å²) in [6, 6.07) is 3.90. The van der Waals surface area contributed by atoms with Crippen LogP contribution in [0.1, 0.15) is 13.3 Å². The van der Waals surface area contributed by atoms with E-state index >= 15 is 0 Å². The first-order valence-electron chi connectivity index (χ1n) is 5.72. The third-order valence-corrected chi connectivity index (χ3v) is 3.80. The number of hydrogen-bond acceptors (Lipinski definition) is 3. The van der Waals surface area contributed by atoms with Crippen molar-refractivity contribution in [1.82, 2.24) is 0 Å². The van der Waals surface area contributed by atoms with Gasteiger partial charge in [-0.05, 0) is 18.6 Å². The molecule has 17 heavy (non-hydrogen) atoms. The Hall–Kier alpha value is -0.640. The van der Waals surface area contributed by atoms with E-state index in [1.807, 2.05) is 6.07 Å². The molecule has 0 aliphatic carbocycles. The van der Waals surface area contributed by atoms with Crippen LogP contribution in [0.25, 0.3) is 0 Å². The number of anilines is 2. The molecule has 5 heteroatoms. The number of ether oxygens (including phenoxy) is 1. The van der Waals surface area contributed by atoms with Crippen molar-refractivity contribution >= 4 is 34.6 Å². The topological polar surface area (TPSA) is 38.5 Å². The number of halogens is 2. The lowest BCUT2D eigenvalue weighted by molar-refractivity contribution is 0.0931. The fourth-order valence-electron chi connectivity index (χ4n) is 2.11. The molecule has 1 atom stereocenters.